The van der Waals surface area contributed by atoms with Gasteiger partial charge in [-0.3, -0.25) is 0 Å². The lowest BCUT2D eigenvalue weighted by molar-refractivity contribution is 0.399. The summed E-state index contributed by atoms with van der Waals surface area (Å²) in [4.78, 5) is 13.6. The van der Waals surface area contributed by atoms with Crippen LogP contribution in [-0.4, -0.2) is 48.7 Å². The molecule has 1 aromatic rings. The molecule has 5 nitrogen and oxygen atoms in total. The summed E-state index contributed by atoms with van der Waals surface area (Å²) < 4.78 is 0. The molecule has 2 aliphatic rings. The summed E-state index contributed by atoms with van der Waals surface area (Å²) in [5.74, 6) is 2.12. The van der Waals surface area contributed by atoms with Crippen LogP contribution in [-0.2, 0) is 0 Å². The van der Waals surface area contributed by atoms with Gasteiger partial charge in [-0.1, -0.05) is 0 Å². The van der Waals surface area contributed by atoms with E-state index >= 15 is 0 Å². The van der Waals surface area contributed by atoms with Gasteiger partial charge >= 0.3 is 0 Å². The van der Waals surface area contributed by atoms with Crippen molar-refractivity contribution in [3.63, 3.8) is 0 Å². The Morgan fingerprint density at radius 2 is 2.21 bits per heavy atom. The van der Waals surface area contributed by atoms with Crippen molar-refractivity contribution in [2.75, 3.05) is 36.5 Å². The van der Waals surface area contributed by atoms with E-state index in [4.69, 9.17) is 0 Å². The number of rotatable bonds is 3. The number of hydrogen-bond acceptors (Lipinski definition) is 5. The first-order valence-electron chi connectivity index (χ1n) is 7.28. The fourth-order valence-electron chi connectivity index (χ4n) is 2.83. The van der Waals surface area contributed by atoms with E-state index in [1.165, 1.54) is 19.3 Å². The first kappa shape index (κ1) is 12.7. The summed E-state index contributed by atoms with van der Waals surface area (Å²) in [6.45, 7) is 5.31. The number of aromatic nitrogens is 2. The van der Waals surface area contributed by atoms with Gasteiger partial charge in [0, 0.05) is 44.8 Å². The largest absolute Gasteiger partial charge is 0.357 e. The third kappa shape index (κ3) is 2.52. The second-order valence-corrected chi connectivity index (χ2v) is 5.68. The maximum absolute atomic E-state index is 4.46. The average Bonchev–Trinajstić information content (AvgIpc) is 2.37. The smallest absolute Gasteiger partial charge is 0.134 e. The van der Waals surface area contributed by atoms with Crippen molar-refractivity contribution in [2.24, 2.45) is 0 Å². The number of piperazine rings is 1. The first-order chi connectivity index (χ1) is 9.25. The van der Waals surface area contributed by atoms with Crippen LogP contribution in [0.2, 0.25) is 0 Å². The van der Waals surface area contributed by atoms with Gasteiger partial charge in [-0.15, -0.1) is 0 Å². The molecule has 0 radical (unpaired) electrons. The van der Waals surface area contributed by atoms with Crippen molar-refractivity contribution in [3.05, 3.63) is 12.4 Å². The normalized spacial score (nSPS) is 24.1. The Balaban J connectivity index is 1.78. The third-order valence-electron chi connectivity index (χ3n) is 4.42. The lowest BCUT2D eigenvalue weighted by atomic mass is 9.92. The molecule has 0 aromatic carbocycles. The molecule has 2 fully saturated rings. The Morgan fingerprint density at radius 3 is 2.89 bits per heavy atom. The Kier molecular flexibility index (Phi) is 3.55. The van der Waals surface area contributed by atoms with Crippen LogP contribution in [0.3, 0.4) is 0 Å². The maximum atomic E-state index is 4.46. The van der Waals surface area contributed by atoms with Crippen LogP contribution < -0.4 is 15.1 Å². The summed E-state index contributed by atoms with van der Waals surface area (Å²) in [5, 5.41) is 3.41. The zero-order valence-corrected chi connectivity index (χ0v) is 11.8. The van der Waals surface area contributed by atoms with Crippen molar-refractivity contribution in [2.45, 2.75) is 38.3 Å². The van der Waals surface area contributed by atoms with Crippen molar-refractivity contribution in [1.29, 1.82) is 0 Å². The van der Waals surface area contributed by atoms with Gasteiger partial charge in [0.1, 0.15) is 18.0 Å². The van der Waals surface area contributed by atoms with Crippen LogP contribution in [0.4, 0.5) is 11.6 Å². The molecule has 2 heterocycles. The molecule has 1 aliphatic carbocycles. The number of hydrogen-bond donors (Lipinski definition) is 1. The van der Waals surface area contributed by atoms with E-state index in [-0.39, 0.29) is 0 Å². The van der Waals surface area contributed by atoms with Gasteiger partial charge < -0.3 is 15.1 Å². The summed E-state index contributed by atoms with van der Waals surface area (Å²) in [7, 11) is 2.15. The molecule has 1 saturated heterocycles. The molecule has 0 bridgehead atoms. The van der Waals surface area contributed by atoms with Crippen LogP contribution >= 0.6 is 0 Å². The maximum Gasteiger partial charge on any atom is 0.134 e. The zero-order valence-electron chi connectivity index (χ0n) is 11.8. The average molecular weight is 261 g/mol. The molecule has 0 amide bonds. The molecule has 1 N–H and O–H groups in total. The fourth-order valence-corrected chi connectivity index (χ4v) is 2.83. The minimum atomic E-state index is 0.491. The molecule has 1 aliphatic heterocycles. The molecule has 3 rings (SSSR count). The molecular weight excluding hydrogens is 238 g/mol. The highest BCUT2D eigenvalue weighted by Gasteiger charge is 2.24. The molecule has 1 atom stereocenters. The Bertz CT molecular complexity index is 432. The standard InChI is InChI=1S/C14H23N5/c1-11-9-15-6-7-19(11)14-8-13(16-10-17-14)18(2)12-4-3-5-12/h8,10-12,15H,3-7,9H2,1-2H3. The SMILES string of the molecule is CC1CNCCN1c1cc(N(C)C2CCC2)ncn1. The predicted octanol–water partition coefficient (Wildman–Crippen LogP) is 1.26. The van der Waals surface area contributed by atoms with E-state index in [0.717, 1.165) is 31.3 Å². The van der Waals surface area contributed by atoms with Gasteiger partial charge in [0.25, 0.3) is 0 Å². The summed E-state index contributed by atoms with van der Waals surface area (Å²) in [6, 6.07) is 3.30. The minimum Gasteiger partial charge on any atom is -0.357 e. The van der Waals surface area contributed by atoms with E-state index in [9.17, 15) is 0 Å². The molecule has 1 aromatic heterocycles. The van der Waals surface area contributed by atoms with E-state index in [1.807, 2.05) is 0 Å². The highest BCUT2D eigenvalue weighted by atomic mass is 15.3. The van der Waals surface area contributed by atoms with Gasteiger partial charge in [0.05, 0.1) is 0 Å². The topological polar surface area (TPSA) is 44.3 Å². The number of nitrogens with one attached hydrogen (secondary N) is 1. The molecule has 0 spiro atoms. The van der Waals surface area contributed by atoms with Crippen LogP contribution in [0.1, 0.15) is 26.2 Å². The molecule has 1 unspecified atom stereocenters. The van der Waals surface area contributed by atoms with Gasteiger partial charge in [-0.05, 0) is 26.2 Å². The lowest BCUT2D eigenvalue weighted by Crippen LogP contribution is -2.50. The van der Waals surface area contributed by atoms with E-state index in [2.05, 4.69) is 45.1 Å². The Labute approximate surface area is 115 Å². The monoisotopic (exact) mass is 261 g/mol. The highest BCUT2D eigenvalue weighted by molar-refractivity contribution is 5.51. The van der Waals surface area contributed by atoms with Crippen LogP contribution in [0.5, 0.6) is 0 Å². The Hall–Kier alpha value is -1.36. The zero-order chi connectivity index (χ0) is 13.2. The van der Waals surface area contributed by atoms with Crippen molar-refractivity contribution in [3.8, 4) is 0 Å². The highest BCUT2D eigenvalue weighted by Crippen LogP contribution is 2.28. The fraction of sp³-hybridized carbons (Fsp3) is 0.714. The summed E-state index contributed by atoms with van der Waals surface area (Å²) in [6.07, 6.45) is 5.64. The summed E-state index contributed by atoms with van der Waals surface area (Å²) in [5.41, 5.74) is 0. The first-order valence-corrected chi connectivity index (χ1v) is 7.28. The third-order valence-corrected chi connectivity index (χ3v) is 4.42. The molecule has 5 heteroatoms. The minimum absolute atomic E-state index is 0.491. The quantitative estimate of drug-likeness (QED) is 0.887. The molecule has 19 heavy (non-hydrogen) atoms. The number of nitrogens with zero attached hydrogens (tertiary/aromatic N) is 4. The van der Waals surface area contributed by atoms with E-state index in [1.54, 1.807) is 6.33 Å². The molecule has 1 saturated carbocycles. The van der Waals surface area contributed by atoms with Gasteiger partial charge in [-0.25, -0.2) is 9.97 Å². The lowest BCUT2D eigenvalue weighted by Gasteiger charge is -2.37. The Morgan fingerprint density at radius 1 is 1.37 bits per heavy atom. The van der Waals surface area contributed by atoms with Gasteiger partial charge in [-0.2, -0.15) is 0 Å². The predicted molar refractivity (Wildman–Crippen MR) is 77.8 cm³/mol. The van der Waals surface area contributed by atoms with E-state index < -0.39 is 0 Å². The molecular formula is C14H23N5. The van der Waals surface area contributed by atoms with Crippen molar-refractivity contribution >= 4 is 11.6 Å². The van der Waals surface area contributed by atoms with Crippen molar-refractivity contribution < 1.29 is 0 Å². The summed E-state index contributed by atoms with van der Waals surface area (Å²) >= 11 is 0. The van der Waals surface area contributed by atoms with Gasteiger partial charge in [0.2, 0.25) is 0 Å². The van der Waals surface area contributed by atoms with Crippen LogP contribution in [0, 0.1) is 0 Å². The van der Waals surface area contributed by atoms with Crippen molar-refractivity contribution in [1.82, 2.24) is 15.3 Å². The van der Waals surface area contributed by atoms with Gasteiger partial charge in [0.15, 0.2) is 0 Å². The number of anilines is 2. The van der Waals surface area contributed by atoms with E-state index in [0.29, 0.717) is 12.1 Å². The second kappa shape index (κ2) is 5.33. The molecule has 104 valence electrons. The van der Waals surface area contributed by atoms with Crippen LogP contribution in [0.15, 0.2) is 12.4 Å². The second-order valence-electron chi connectivity index (χ2n) is 5.68. The van der Waals surface area contributed by atoms with Crippen LogP contribution in [0.25, 0.3) is 0 Å².